The molecule has 13 heavy (non-hydrogen) atoms. The molecule has 0 amide bonds. The fourth-order valence-electron chi connectivity index (χ4n) is 1.32. The molecule has 5 heteroatoms. The van der Waals surface area contributed by atoms with Crippen molar-refractivity contribution in [2.45, 2.75) is 0 Å². The van der Waals surface area contributed by atoms with Crippen molar-refractivity contribution in [3.05, 3.63) is 34.5 Å². The van der Waals surface area contributed by atoms with Crippen molar-refractivity contribution in [2.24, 2.45) is 0 Å². The van der Waals surface area contributed by atoms with Crippen LogP contribution in [0.1, 0.15) is 0 Å². The van der Waals surface area contributed by atoms with Gasteiger partial charge in [-0.1, -0.05) is 0 Å². The predicted octanol–water partition coefficient (Wildman–Crippen LogP) is 1.66. The standard InChI is InChI=1S/C8H7N3O2/c9-6-1-2-7(11(12)13)8-5(6)3-4-10-8/h1-4,10H,9H2. The minimum atomic E-state index is -0.432. The van der Waals surface area contributed by atoms with Gasteiger partial charge in [-0.3, -0.25) is 10.1 Å². The van der Waals surface area contributed by atoms with Crippen LogP contribution in [0.3, 0.4) is 0 Å². The van der Waals surface area contributed by atoms with Gasteiger partial charge in [0.1, 0.15) is 5.52 Å². The molecule has 0 aliphatic heterocycles. The second-order valence-electron chi connectivity index (χ2n) is 2.70. The molecule has 5 nitrogen and oxygen atoms in total. The van der Waals surface area contributed by atoms with Gasteiger partial charge in [0.05, 0.1) is 4.92 Å². The first-order valence-electron chi connectivity index (χ1n) is 3.70. The lowest BCUT2D eigenvalue weighted by molar-refractivity contribution is -0.383. The van der Waals surface area contributed by atoms with E-state index in [1.165, 1.54) is 12.1 Å². The normalized spacial score (nSPS) is 10.5. The summed E-state index contributed by atoms with van der Waals surface area (Å²) >= 11 is 0. The quantitative estimate of drug-likeness (QED) is 0.394. The van der Waals surface area contributed by atoms with E-state index in [2.05, 4.69) is 4.98 Å². The molecular weight excluding hydrogens is 170 g/mol. The highest BCUT2D eigenvalue weighted by molar-refractivity contribution is 5.96. The van der Waals surface area contributed by atoms with E-state index in [4.69, 9.17) is 5.73 Å². The largest absolute Gasteiger partial charge is 0.398 e. The fourth-order valence-corrected chi connectivity index (χ4v) is 1.32. The Morgan fingerprint density at radius 3 is 2.85 bits per heavy atom. The van der Waals surface area contributed by atoms with Crippen molar-refractivity contribution in [2.75, 3.05) is 5.73 Å². The summed E-state index contributed by atoms with van der Waals surface area (Å²) in [5.41, 5.74) is 6.70. The number of nitrogens with zero attached hydrogens (tertiary/aromatic N) is 1. The zero-order chi connectivity index (χ0) is 9.42. The number of aromatic nitrogens is 1. The summed E-state index contributed by atoms with van der Waals surface area (Å²) in [5, 5.41) is 11.3. The van der Waals surface area contributed by atoms with E-state index in [9.17, 15) is 10.1 Å². The number of aromatic amines is 1. The van der Waals surface area contributed by atoms with E-state index in [-0.39, 0.29) is 5.69 Å². The van der Waals surface area contributed by atoms with Crippen molar-refractivity contribution in [3.8, 4) is 0 Å². The molecule has 0 atom stereocenters. The molecule has 2 rings (SSSR count). The molecule has 0 radical (unpaired) electrons. The van der Waals surface area contributed by atoms with Crippen molar-refractivity contribution < 1.29 is 4.92 Å². The molecule has 0 saturated heterocycles. The number of nitrogens with two attached hydrogens (primary N) is 1. The van der Waals surface area contributed by atoms with Crippen LogP contribution >= 0.6 is 0 Å². The van der Waals surface area contributed by atoms with E-state index in [1.54, 1.807) is 12.3 Å². The lowest BCUT2D eigenvalue weighted by Crippen LogP contribution is -1.91. The molecule has 0 aliphatic rings. The maximum Gasteiger partial charge on any atom is 0.293 e. The minimum Gasteiger partial charge on any atom is -0.398 e. The zero-order valence-electron chi connectivity index (χ0n) is 6.65. The Morgan fingerprint density at radius 1 is 1.38 bits per heavy atom. The van der Waals surface area contributed by atoms with Crippen LogP contribution < -0.4 is 5.73 Å². The molecular formula is C8H7N3O2. The van der Waals surface area contributed by atoms with Crippen LogP contribution in [0.15, 0.2) is 24.4 Å². The third kappa shape index (κ3) is 1.01. The van der Waals surface area contributed by atoms with E-state index < -0.39 is 4.92 Å². The second-order valence-corrected chi connectivity index (χ2v) is 2.70. The minimum absolute atomic E-state index is 0.0502. The van der Waals surface area contributed by atoms with E-state index in [0.29, 0.717) is 16.6 Å². The molecule has 1 aromatic heterocycles. The van der Waals surface area contributed by atoms with Gasteiger partial charge in [0.2, 0.25) is 0 Å². The van der Waals surface area contributed by atoms with Gasteiger partial charge in [-0.25, -0.2) is 0 Å². The Balaban J connectivity index is 2.86. The highest BCUT2D eigenvalue weighted by Gasteiger charge is 2.13. The molecule has 1 aromatic carbocycles. The number of nitro groups is 1. The van der Waals surface area contributed by atoms with Crippen molar-refractivity contribution >= 4 is 22.3 Å². The third-order valence-electron chi connectivity index (χ3n) is 1.93. The van der Waals surface area contributed by atoms with Gasteiger partial charge in [-0.05, 0) is 12.1 Å². The van der Waals surface area contributed by atoms with Crippen LogP contribution in [0.5, 0.6) is 0 Å². The molecule has 0 unspecified atom stereocenters. The number of anilines is 1. The number of nitrogen functional groups attached to an aromatic ring is 1. The Bertz CT molecular complexity index is 475. The number of hydrogen-bond acceptors (Lipinski definition) is 3. The Morgan fingerprint density at radius 2 is 2.15 bits per heavy atom. The summed E-state index contributed by atoms with van der Waals surface area (Å²) in [6.45, 7) is 0. The maximum atomic E-state index is 10.6. The Kier molecular flexibility index (Phi) is 1.45. The van der Waals surface area contributed by atoms with Crippen LogP contribution in [-0.4, -0.2) is 9.91 Å². The first kappa shape index (κ1) is 7.60. The predicted molar refractivity (Wildman–Crippen MR) is 49.4 cm³/mol. The zero-order valence-corrected chi connectivity index (χ0v) is 6.65. The van der Waals surface area contributed by atoms with Gasteiger partial charge in [0, 0.05) is 23.3 Å². The Labute approximate surface area is 73.3 Å². The number of nitro benzene ring substituents is 1. The lowest BCUT2D eigenvalue weighted by atomic mass is 10.2. The molecule has 66 valence electrons. The van der Waals surface area contributed by atoms with Gasteiger partial charge in [0.25, 0.3) is 5.69 Å². The topological polar surface area (TPSA) is 84.9 Å². The van der Waals surface area contributed by atoms with Crippen molar-refractivity contribution in [1.82, 2.24) is 4.98 Å². The number of nitrogens with one attached hydrogen (secondary N) is 1. The smallest absolute Gasteiger partial charge is 0.293 e. The number of benzene rings is 1. The van der Waals surface area contributed by atoms with Crippen LogP contribution in [0.4, 0.5) is 11.4 Å². The third-order valence-corrected chi connectivity index (χ3v) is 1.93. The summed E-state index contributed by atoms with van der Waals surface area (Å²) < 4.78 is 0. The van der Waals surface area contributed by atoms with Gasteiger partial charge in [-0.2, -0.15) is 0 Å². The molecule has 0 fully saturated rings. The summed E-state index contributed by atoms with van der Waals surface area (Å²) in [4.78, 5) is 12.9. The van der Waals surface area contributed by atoms with Crippen LogP contribution in [0.2, 0.25) is 0 Å². The first-order valence-corrected chi connectivity index (χ1v) is 3.70. The van der Waals surface area contributed by atoms with Gasteiger partial charge in [-0.15, -0.1) is 0 Å². The number of hydrogen-bond donors (Lipinski definition) is 2. The van der Waals surface area contributed by atoms with E-state index in [1.807, 2.05) is 0 Å². The monoisotopic (exact) mass is 177 g/mol. The molecule has 0 saturated carbocycles. The second kappa shape index (κ2) is 2.48. The summed E-state index contributed by atoms with van der Waals surface area (Å²) in [7, 11) is 0. The summed E-state index contributed by atoms with van der Waals surface area (Å²) in [6.07, 6.45) is 1.63. The first-order chi connectivity index (χ1) is 6.20. The SMILES string of the molecule is Nc1ccc([N+](=O)[O-])c2[nH]ccc12. The molecule has 3 N–H and O–H groups in total. The maximum absolute atomic E-state index is 10.6. The van der Waals surface area contributed by atoms with Crippen LogP contribution in [0.25, 0.3) is 10.9 Å². The molecule has 2 aromatic rings. The number of non-ortho nitro benzene ring substituents is 1. The average Bonchev–Trinajstić information content (AvgIpc) is 2.53. The molecule has 0 bridgehead atoms. The van der Waals surface area contributed by atoms with Gasteiger partial charge in [0.15, 0.2) is 0 Å². The highest BCUT2D eigenvalue weighted by Crippen LogP contribution is 2.28. The fraction of sp³-hybridized carbons (Fsp3) is 0. The average molecular weight is 177 g/mol. The number of rotatable bonds is 1. The lowest BCUT2D eigenvalue weighted by Gasteiger charge is -1.96. The van der Waals surface area contributed by atoms with Gasteiger partial charge < -0.3 is 10.7 Å². The highest BCUT2D eigenvalue weighted by atomic mass is 16.6. The number of fused-ring (bicyclic) bond motifs is 1. The van der Waals surface area contributed by atoms with Crippen molar-refractivity contribution in [1.29, 1.82) is 0 Å². The van der Waals surface area contributed by atoms with E-state index >= 15 is 0 Å². The van der Waals surface area contributed by atoms with E-state index in [0.717, 1.165) is 0 Å². The number of H-pyrrole nitrogens is 1. The van der Waals surface area contributed by atoms with Gasteiger partial charge >= 0.3 is 0 Å². The summed E-state index contributed by atoms with van der Waals surface area (Å²) in [5.74, 6) is 0. The van der Waals surface area contributed by atoms with Crippen molar-refractivity contribution in [3.63, 3.8) is 0 Å². The summed E-state index contributed by atoms with van der Waals surface area (Å²) in [6, 6.07) is 4.65. The Hall–Kier alpha value is -2.04. The van der Waals surface area contributed by atoms with Crippen LogP contribution in [-0.2, 0) is 0 Å². The van der Waals surface area contributed by atoms with Crippen LogP contribution in [0, 0.1) is 10.1 Å². The molecule has 0 aliphatic carbocycles. The molecule has 0 spiro atoms. The molecule has 1 heterocycles.